The van der Waals surface area contributed by atoms with Crippen LogP contribution in [-0.4, -0.2) is 36.8 Å². The summed E-state index contributed by atoms with van der Waals surface area (Å²) in [6, 6.07) is 19.6. The zero-order valence-corrected chi connectivity index (χ0v) is 23.3. The van der Waals surface area contributed by atoms with Gasteiger partial charge in [0.15, 0.2) is 5.11 Å². The molecule has 5 rings (SSSR count). The Hall–Kier alpha value is -3.63. The highest BCUT2D eigenvalue weighted by molar-refractivity contribution is 7.80. The van der Waals surface area contributed by atoms with E-state index >= 15 is 0 Å². The number of rotatable bonds is 8. The lowest BCUT2D eigenvalue weighted by atomic mass is 10.0. The summed E-state index contributed by atoms with van der Waals surface area (Å²) >= 11 is 18.2. The molecule has 1 saturated heterocycles. The number of benzene rings is 2. The summed E-state index contributed by atoms with van der Waals surface area (Å²) in [6.45, 7) is -0.0919. The third kappa shape index (κ3) is 5.58. The highest BCUT2D eigenvalue weighted by Gasteiger charge is 2.42. The maximum Gasteiger partial charge on any atom is 0.250 e. The fourth-order valence-electron chi connectivity index (χ4n) is 4.50. The summed E-state index contributed by atoms with van der Waals surface area (Å²) in [5.41, 5.74) is 2.78. The van der Waals surface area contributed by atoms with Crippen LogP contribution >= 0.6 is 35.4 Å². The van der Waals surface area contributed by atoms with E-state index in [9.17, 15) is 4.79 Å². The van der Waals surface area contributed by atoms with Gasteiger partial charge in [0.25, 0.3) is 0 Å². The van der Waals surface area contributed by atoms with Gasteiger partial charge in [-0.05, 0) is 72.9 Å². The number of furan rings is 1. The van der Waals surface area contributed by atoms with Crippen LogP contribution in [0.15, 0.2) is 77.3 Å². The Morgan fingerprint density at radius 1 is 1.10 bits per heavy atom. The molecule has 1 fully saturated rings. The van der Waals surface area contributed by atoms with E-state index in [1.54, 1.807) is 30.5 Å². The third-order valence-corrected chi connectivity index (χ3v) is 7.28. The minimum atomic E-state index is -0.403. The lowest BCUT2D eigenvalue weighted by Crippen LogP contribution is -2.29. The molecule has 0 saturated carbocycles. The Balaban J connectivity index is 1.58. The average molecular weight is 583 g/mol. The summed E-state index contributed by atoms with van der Waals surface area (Å²) in [5.74, 6) is 1.47. The third-order valence-electron chi connectivity index (χ3n) is 6.23. The molecule has 0 aliphatic carbocycles. The molecule has 1 aliphatic rings. The molecule has 0 radical (unpaired) electrons. The highest BCUT2D eigenvalue weighted by Crippen LogP contribution is 2.44. The van der Waals surface area contributed by atoms with Gasteiger partial charge in [-0.1, -0.05) is 29.3 Å². The van der Waals surface area contributed by atoms with Crippen LogP contribution in [0.3, 0.4) is 0 Å². The molecule has 2 atom stereocenters. The lowest BCUT2D eigenvalue weighted by Gasteiger charge is -2.27. The maximum atomic E-state index is 12.3. The van der Waals surface area contributed by atoms with Crippen LogP contribution in [0, 0.1) is 0 Å². The minimum Gasteiger partial charge on any atom is -0.495 e. The van der Waals surface area contributed by atoms with E-state index in [1.807, 2.05) is 47.4 Å². The zero-order valence-electron chi connectivity index (χ0n) is 21.0. The molecule has 200 valence electrons. The normalized spacial score (nSPS) is 16.7. The van der Waals surface area contributed by atoms with Gasteiger partial charge in [0, 0.05) is 24.6 Å². The van der Waals surface area contributed by atoms with E-state index in [-0.39, 0.29) is 18.6 Å². The van der Waals surface area contributed by atoms with Crippen molar-refractivity contribution in [3.63, 3.8) is 0 Å². The quantitative estimate of drug-likeness (QED) is 0.230. The topological polar surface area (TPSA) is 88.9 Å². The van der Waals surface area contributed by atoms with E-state index in [4.69, 9.17) is 49.3 Å². The summed E-state index contributed by atoms with van der Waals surface area (Å²) in [7, 11) is 3.00. The molecule has 0 spiro atoms. The number of carbonyl (C=O) groups excluding carboxylic acids is 1. The van der Waals surface area contributed by atoms with Crippen LogP contribution in [0.4, 0.5) is 11.4 Å². The predicted molar refractivity (Wildman–Crippen MR) is 156 cm³/mol. The number of amides is 1. The Labute approximate surface area is 240 Å². The summed E-state index contributed by atoms with van der Waals surface area (Å²) in [6.07, 6.45) is 1.74. The SMILES string of the molecule is COCC(=O)Nc1cc(N2C(=S)N[C@H](c3ccccn3)[C@H]2c2ccc(-c3ccc(Cl)c(Cl)c3)o2)ccc1OC. The fourth-order valence-corrected chi connectivity index (χ4v) is 5.14. The van der Waals surface area contributed by atoms with Crippen LogP contribution in [-0.2, 0) is 9.53 Å². The molecule has 0 bridgehead atoms. The van der Waals surface area contributed by atoms with Crippen molar-refractivity contribution < 1.29 is 18.7 Å². The Kier molecular flexibility index (Phi) is 8.04. The number of hydrogen-bond donors (Lipinski definition) is 2. The van der Waals surface area contributed by atoms with E-state index < -0.39 is 6.04 Å². The maximum absolute atomic E-state index is 12.3. The predicted octanol–water partition coefficient (Wildman–Crippen LogP) is 6.42. The van der Waals surface area contributed by atoms with Crippen LogP contribution in [0.5, 0.6) is 5.75 Å². The number of methoxy groups -OCH3 is 2. The van der Waals surface area contributed by atoms with Crippen molar-refractivity contribution in [1.82, 2.24) is 10.3 Å². The Morgan fingerprint density at radius 2 is 1.95 bits per heavy atom. The van der Waals surface area contributed by atoms with Crippen molar-refractivity contribution >= 4 is 57.8 Å². The number of hydrogen-bond acceptors (Lipinski definition) is 6. The summed E-state index contributed by atoms with van der Waals surface area (Å²) in [4.78, 5) is 18.8. The van der Waals surface area contributed by atoms with E-state index in [0.717, 1.165) is 16.9 Å². The van der Waals surface area contributed by atoms with Gasteiger partial charge in [0.2, 0.25) is 5.91 Å². The molecular formula is C28H24Cl2N4O4S. The molecule has 39 heavy (non-hydrogen) atoms. The Morgan fingerprint density at radius 3 is 2.67 bits per heavy atom. The fraction of sp³-hybridized carbons (Fsp3) is 0.179. The molecule has 2 aromatic heterocycles. The smallest absolute Gasteiger partial charge is 0.250 e. The average Bonchev–Trinajstić information content (AvgIpc) is 3.55. The van der Waals surface area contributed by atoms with Gasteiger partial charge >= 0.3 is 0 Å². The van der Waals surface area contributed by atoms with Gasteiger partial charge in [-0.25, -0.2) is 0 Å². The van der Waals surface area contributed by atoms with E-state index in [2.05, 4.69) is 15.6 Å². The number of thiocarbonyl (C=S) groups is 1. The molecule has 1 aliphatic heterocycles. The molecule has 0 unspecified atom stereocenters. The van der Waals surface area contributed by atoms with Gasteiger partial charge < -0.3 is 29.4 Å². The number of aromatic nitrogens is 1. The number of pyridine rings is 1. The van der Waals surface area contributed by atoms with Gasteiger partial charge in [0.1, 0.15) is 29.9 Å². The van der Waals surface area contributed by atoms with Gasteiger partial charge in [-0.3, -0.25) is 9.78 Å². The van der Waals surface area contributed by atoms with Crippen molar-refractivity contribution in [2.75, 3.05) is 31.0 Å². The van der Waals surface area contributed by atoms with Crippen LogP contribution in [0.1, 0.15) is 23.5 Å². The molecule has 4 aromatic rings. The second-order valence-electron chi connectivity index (χ2n) is 8.69. The zero-order chi connectivity index (χ0) is 27.5. The lowest BCUT2D eigenvalue weighted by molar-refractivity contribution is -0.119. The molecule has 11 heteroatoms. The van der Waals surface area contributed by atoms with Crippen molar-refractivity contribution in [1.29, 1.82) is 0 Å². The number of anilines is 2. The number of nitrogens with one attached hydrogen (secondary N) is 2. The van der Waals surface area contributed by atoms with E-state index in [0.29, 0.717) is 38.1 Å². The summed E-state index contributed by atoms with van der Waals surface area (Å²) in [5, 5.41) is 7.61. The first kappa shape index (κ1) is 27.0. The van der Waals surface area contributed by atoms with E-state index in [1.165, 1.54) is 14.2 Å². The number of ether oxygens (including phenoxy) is 2. The van der Waals surface area contributed by atoms with Crippen molar-refractivity contribution in [2.24, 2.45) is 0 Å². The van der Waals surface area contributed by atoms with Gasteiger partial charge in [0.05, 0.1) is 34.6 Å². The van der Waals surface area contributed by atoms with Crippen molar-refractivity contribution in [3.05, 3.63) is 94.4 Å². The molecule has 3 heterocycles. The first-order chi connectivity index (χ1) is 18.9. The molecular weight excluding hydrogens is 559 g/mol. The molecule has 2 aromatic carbocycles. The van der Waals surface area contributed by atoms with Crippen LogP contribution in [0.2, 0.25) is 10.0 Å². The second kappa shape index (κ2) is 11.6. The van der Waals surface area contributed by atoms with Crippen molar-refractivity contribution in [2.45, 2.75) is 12.1 Å². The monoisotopic (exact) mass is 582 g/mol. The van der Waals surface area contributed by atoms with Crippen LogP contribution in [0.25, 0.3) is 11.3 Å². The molecule has 8 nitrogen and oxygen atoms in total. The number of halogens is 2. The Bertz CT molecular complexity index is 1510. The van der Waals surface area contributed by atoms with Crippen molar-refractivity contribution in [3.8, 4) is 17.1 Å². The largest absolute Gasteiger partial charge is 0.495 e. The first-order valence-electron chi connectivity index (χ1n) is 11.9. The van der Waals surface area contributed by atoms with Crippen LogP contribution < -0.4 is 20.3 Å². The number of carbonyl (C=O) groups is 1. The minimum absolute atomic E-state index is 0.0919. The second-order valence-corrected chi connectivity index (χ2v) is 9.89. The molecule has 2 N–H and O–H groups in total. The first-order valence-corrected chi connectivity index (χ1v) is 13.1. The standard InChI is InChI=1S/C28H24Cl2N4O4S/c1-36-15-25(35)32-21-14-17(7-9-23(21)37-2)34-27(26(33-28(34)39)20-5-3-4-12-31-20)24-11-10-22(38-24)16-6-8-18(29)19(30)13-16/h3-14,26-27H,15H2,1-2H3,(H,32,35)(H,33,39)/t26-,27-/m1/s1. The number of nitrogens with zero attached hydrogens (tertiary/aromatic N) is 2. The van der Waals surface area contributed by atoms with Gasteiger partial charge in [-0.2, -0.15) is 0 Å². The highest BCUT2D eigenvalue weighted by atomic mass is 35.5. The molecule has 1 amide bonds. The van der Waals surface area contributed by atoms with Gasteiger partial charge in [-0.15, -0.1) is 0 Å². The summed E-state index contributed by atoms with van der Waals surface area (Å²) < 4.78 is 16.8.